The van der Waals surface area contributed by atoms with Gasteiger partial charge in [-0.2, -0.15) is 0 Å². The molecule has 4 nitrogen and oxygen atoms in total. The van der Waals surface area contributed by atoms with Crippen LogP contribution in [0.3, 0.4) is 0 Å². The van der Waals surface area contributed by atoms with Crippen LogP contribution in [0, 0.1) is 17.8 Å². The zero-order valence-electron chi connectivity index (χ0n) is 7.74. The lowest BCUT2D eigenvalue weighted by atomic mass is 9.89. The molecule has 3 unspecified atom stereocenters. The molecule has 3 atom stereocenters. The average molecular weight is 183 g/mol. The Bertz CT molecular complexity index is 217. The Labute approximate surface area is 78.2 Å². The summed E-state index contributed by atoms with van der Waals surface area (Å²) in [4.78, 5) is 4.08. The van der Waals surface area contributed by atoms with Gasteiger partial charge in [0.2, 0.25) is 5.96 Å². The zero-order chi connectivity index (χ0) is 9.26. The number of rotatable bonds is 2. The summed E-state index contributed by atoms with van der Waals surface area (Å²) in [5.41, 5.74) is 7.20. The molecule has 2 rings (SSSR count). The van der Waals surface area contributed by atoms with Crippen LogP contribution in [0.15, 0.2) is 4.99 Å². The van der Waals surface area contributed by atoms with Crippen LogP contribution in [0.2, 0.25) is 0 Å². The van der Waals surface area contributed by atoms with Gasteiger partial charge in [-0.3, -0.25) is 10.2 Å². The molecule has 74 valence electrons. The van der Waals surface area contributed by atoms with Crippen molar-refractivity contribution in [2.45, 2.75) is 25.7 Å². The Balaban J connectivity index is 1.83. The third kappa shape index (κ3) is 1.77. The van der Waals surface area contributed by atoms with Crippen LogP contribution in [0.1, 0.15) is 25.7 Å². The number of aliphatic imine (C=N–C) groups is 1. The van der Waals surface area contributed by atoms with Crippen molar-refractivity contribution in [3.05, 3.63) is 0 Å². The van der Waals surface area contributed by atoms with E-state index in [1.807, 2.05) is 5.48 Å². The van der Waals surface area contributed by atoms with Crippen molar-refractivity contribution < 1.29 is 5.21 Å². The lowest BCUT2D eigenvalue weighted by molar-refractivity contribution is 0.231. The van der Waals surface area contributed by atoms with Crippen LogP contribution < -0.4 is 11.2 Å². The highest BCUT2D eigenvalue weighted by atomic mass is 16.5. The molecule has 4 heteroatoms. The van der Waals surface area contributed by atoms with Crippen molar-refractivity contribution in [1.82, 2.24) is 5.48 Å². The molecule has 0 aromatic carbocycles. The minimum absolute atomic E-state index is 0.141. The molecule has 0 aromatic rings. The van der Waals surface area contributed by atoms with E-state index in [-0.39, 0.29) is 5.96 Å². The van der Waals surface area contributed by atoms with E-state index in [0.717, 1.165) is 18.4 Å². The van der Waals surface area contributed by atoms with E-state index in [2.05, 4.69) is 4.99 Å². The molecule has 0 amide bonds. The third-order valence-electron chi connectivity index (χ3n) is 3.50. The van der Waals surface area contributed by atoms with Gasteiger partial charge in [0.25, 0.3) is 0 Å². The molecule has 2 aliphatic rings. The van der Waals surface area contributed by atoms with E-state index < -0.39 is 0 Å². The van der Waals surface area contributed by atoms with Gasteiger partial charge in [0.1, 0.15) is 0 Å². The van der Waals surface area contributed by atoms with Crippen molar-refractivity contribution in [2.24, 2.45) is 28.5 Å². The van der Waals surface area contributed by atoms with Gasteiger partial charge in [-0.1, -0.05) is 6.42 Å². The first kappa shape index (κ1) is 8.81. The fourth-order valence-electron chi connectivity index (χ4n) is 2.85. The van der Waals surface area contributed by atoms with Crippen LogP contribution in [0.5, 0.6) is 0 Å². The number of hydroxylamine groups is 1. The second kappa shape index (κ2) is 3.54. The fraction of sp³-hybridized carbons (Fsp3) is 0.889. The van der Waals surface area contributed by atoms with Crippen molar-refractivity contribution in [2.75, 3.05) is 6.54 Å². The smallest absolute Gasteiger partial charge is 0.212 e. The van der Waals surface area contributed by atoms with Crippen LogP contribution >= 0.6 is 0 Å². The molecule has 2 aliphatic carbocycles. The van der Waals surface area contributed by atoms with Gasteiger partial charge >= 0.3 is 0 Å². The van der Waals surface area contributed by atoms with E-state index in [9.17, 15) is 0 Å². The average Bonchev–Trinajstić information content (AvgIpc) is 2.74. The summed E-state index contributed by atoms with van der Waals surface area (Å²) < 4.78 is 0. The molecule has 0 aliphatic heterocycles. The van der Waals surface area contributed by atoms with Gasteiger partial charge < -0.3 is 5.73 Å². The first-order valence-corrected chi connectivity index (χ1v) is 4.99. The van der Waals surface area contributed by atoms with E-state index in [4.69, 9.17) is 10.9 Å². The molecule has 0 saturated heterocycles. The second-order valence-corrected chi connectivity index (χ2v) is 4.27. The highest BCUT2D eigenvalue weighted by Crippen LogP contribution is 2.48. The van der Waals surface area contributed by atoms with Crippen molar-refractivity contribution >= 4 is 5.96 Å². The molecule has 2 saturated carbocycles. The summed E-state index contributed by atoms with van der Waals surface area (Å²) in [5.74, 6) is 2.68. The topological polar surface area (TPSA) is 70.6 Å². The number of guanidine groups is 1. The van der Waals surface area contributed by atoms with Gasteiger partial charge in [0.15, 0.2) is 0 Å². The minimum atomic E-state index is 0.141. The summed E-state index contributed by atoms with van der Waals surface area (Å²) in [6.45, 7) is 0.778. The molecule has 0 radical (unpaired) electrons. The van der Waals surface area contributed by atoms with Crippen molar-refractivity contribution in [3.8, 4) is 0 Å². The SMILES string of the molecule is NC(=NCC1CC2CCC1C2)NO. The monoisotopic (exact) mass is 183 g/mol. The van der Waals surface area contributed by atoms with Crippen LogP contribution in [0.4, 0.5) is 0 Å². The van der Waals surface area contributed by atoms with Crippen LogP contribution in [-0.4, -0.2) is 17.7 Å². The summed E-state index contributed by atoms with van der Waals surface area (Å²) in [5, 5.41) is 8.43. The van der Waals surface area contributed by atoms with Gasteiger partial charge in [-0.25, -0.2) is 5.48 Å². The summed E-state index contributed by atoms with van der Waals surface area (Å²) in [7, 11) is 0. The Hall–Kier alpha value is -0.770. The number of hydrogen-bond acceptors (Lipinski definition) is 2. The lowest BCUT2D eigenvalue weighted by Crippen LogP contribution is -2.29. The largest absolute Gasteiger partial charge is 0.368 e. The predicted molar refractivity (Wildman–Crippen MR) is 50.3 cm³/mol. The fourth-order valence-corrected chi connectivity index (χ4v) is 2.85. The number of nitrogens with two attached hydrogens (primary N) is 1. The maximum atomic E-state index is 8.43. The standard InChI is InChI=1S/C9H17N3O/c10-9(12-13)11-5-8-4-6-1-2-7(8)3-6/h6-8,13H,1-5H2,(H3,10,11,12). The summed E-state index contributed by atoms with van der Waals surface area (Å²) in [6, 6.07) is 0. The van der Waals surface area contributed by atoms with Crippen LogP contribution in [-0.2, 0) is 0 Å². The van der Waals surface area contributed by atoms with Gasteiger partial charge in [-0.05, 0) is 37.0 Å². The molecule has 4 N–H and O–H groups in total. The minimum Gasteiger partial charge on any atom is -0.368 e. The van der Waals surface area contributed by atoms with Gasteiger partial charge in [0.05, 0.1) is 0 Å². The van der Waals surface area contributed by atoms with Gasteiger partial charge in [0, 0.05) is 6.54 Å². The Kier molecular flexibility index (Phi) is 2.40. The zero-order valence-corrected chi connectivity index (χ0v) is 7.74. The second-order valence-electron chi connectivity index (χ2n) is 4.27. The predicted octanol–water partition coefficient (Wildman–Crippen LogP) is 0.716. The molecule has 0 spiro atoms. The molecular formula is C9H17N3O. The number of hydrogen-bond donors (Lipinski definition) is 3. The van der Waals surface area contributed by atoms with E-state index in [0.29, 0.717) is 5.92 Å². The lowest BCUT2D eigenvalue weighted by Gasteiger charge is -2.19. The van der Waals surface area contributed by atoms with Crippen molar-refractivity contribution in [1.29, 1.82) is 0 Å². The van der Waals surface area contributed by atoms with E-state index >= 15 is 0 Å². The highest BCUT2D eigenvalue weighted by molar-refractivity contribution is 5.76. The van der Waals surface area contributed by atoms with E-state index in [1.165, 1.54) is 25.7 Å². The number of nitrogens with zero attached hydrogens (tertiary/aromatic N) is 1. The maximum Gasteiger partial charge on any atom is 0.212 e. The molecule has 2 bridgehead atoms. The summed E-state index contributed by atoms with van der Waals surface area (Å²) >= 11 is 0. The molecule has 2 fully saturated rings. The van der Waals surface area contributed by atoms with E-state index in [1.54, 1.807) is 0 Å². The molecule has 13 heavy (non-hydrogen) atoms. The number of fused-ring (bicyclic) bond motifs is 2. The molecule has 0 heterocycles. The Morgan fingerprint density at radius 1 is 1.46 bits per heavy atom. The van der Waals surface area contributed by atoms with Crippen LogP contribution in [0.25, 0.3) is 0 Å². The summed E-state index contributed by atoms with van der Waals surface area (Å²) in [6.07, 6.45) is 5.50. The Morgan fingerprint density at radius 3 is 2.85 bits per heavy atom. The maximum absolute atomic E-state index is 8.43. The Morgan fingerprint density at radius 2 is 2.31 bits per heavy atom. The first-order valence-electron chi connectivity index (χ1n) is 4.99. The number of nitrogens with one attached hydrogen (secondary N) is 1. The molecular weight excluding hydrogens is 166 g/mol. The van der Waals surface area contributed by atoms with Crippen molar-refractivity contribution in [3.63, 3.8) is 0 Å². The van der Waals surface area contributed by atoms with Gasteiger partial charge in [-0.15, -0.1) is 0 Å². The third-order valence-corrected chi connectivity index (χ3v) is 3.50. The quantitative estimate of drug-likeness (QED) is 0.335. The normalized spacial score (nSPS) is 38.2. The molecule has 0 aromatic heterocycles. The highest BCUT2D eigenvalue weighted by Gasteiger charge is 2.38. The first-order chi connectivity index (χ1) is 6.29.